The molecule has 5 nitrogen and oxygen atoms in total. The Balaban J connectivity index is 1.83. The topological polar surface area (TPSA) is 55.6 Å². The first kappa shape index (κ1) is 10.1. The molecule has 2 aromatic rings. The van der Waals surface area contributed by atoms with E-state index in [-0.39, 0.29) is 0 Å². The Kier molecular flexibility index (Phi) is 3.29. The van der Waals surface area contributed by atoms with Crippen LogP contribution in [0, 0.1) is 0 Å². The average molecular weight is 268 g/mol. The van der Waals surface area contributed by atoms with Gasteiger partial charge in [-0.15, -0.1) is 0 Å². The first-order valence-corrected chi connectivity index (χ1v) is 5.33. The highest BCUT2D eigenvalue weighted by Gasteiger charge is 1.95. The number of halogens is 1. The summed E-state index contributed by atoms with van der Waals surface area (Å²) in [6, 6.07) is 5.75. The third-order valence-electron chi connectivity index (χ3n) is 1.83. The lowest BCUT2D eigenvalue weighted by molar-refractivity contribution is 0.635. The molecule has 0 saturated carbocycles. The third kappa shape index (κ3) is 3.02. The van der Waals surface area contributed by atoms with Crippen LogP contribution >= 0.6 is 15.9 Å². The molecular weight excluding hydrogens is 258 g/mol. The average Bonchev–Trinajstić information content (AvgIpc) is 2.71. The molecule has 0 aliphatic heterocycles. The molecule has 2 aromatic heterocycles. The lowest BCUT2D eigenvalue weighted by Gasteiger charge is -2.05. The van der Waals surface area contributed by atoms with E-state index in [9.17, 15) is 0 Å². The minimum Gasteiger partial charge on any atom is -0.368 e. The largest absolute Gasteiger partial charge is 0.368 e. The van der Waals surface area contributed by atoms with Gasteiger partial charge in [-0.2, -0.15) is 5.10 Å². The minimum absolute atomic E-state index is 0.771. The van der Waals surface area contributed by atoms with Gasteiger partial charge in [0.25, 0.3) is 0 Å². The molecule has 0 atom stereocenters. The maximum absolute atomic E-state index is 4.25. The number of rotatable bonds is 4. The molecule has 0 radical (unpaired) electrons. The summed E-state index contributed by atoms with van der Waals surface area (Å²) < 4.78 is 2.60. The van der Waals surface area contributed by atoms with Crippen molar-refractivity contribution < 1.29 is 0 Å². The SMILES string of the molecule is Brc1cccc(NCCn2cncn2)n1. The van der Waals surface area contributed by atoms with Gasteiger partial charge in [-0.3, -0.25) is 4.68 Å². The van der Waals surface area contributed by atoms with Gasteiger partial charge in [0.2, 0.25) is 0 Å². The zero-order chi connectivity index (χ0) is 10.5. The molecule has 6 heteroatoms. The molecule has 0 aliphatic rings. The second-order valence-corrected chi connectivity index (χ2v) is 3.74. The number of nitrogens with one attached hydrogen (secondary N) is 1. The van der Waals surface area contributed by atoms with Crippen LogP contribution in [-0.4, -0.2) is 26.3 Å². The number of aromatic nitrogens is 4. The van der Waals surface area contributed by atoms with E-state index in [0.29, 0.717) is 0 Å². The Bertz CT molecular complexity index is 414. The summed E-state index contributed by atoms with van der Waals surface area (Å²) in [5, 5.41) is 7.19. The van der Waals surface area contributed by atoms with Crippen molar-refractivity contribution >= 4 is 21.7 Å². The fourth-order valence-corrected chi connectivity index (χ4v) is 1.50. The maximum atomic E-state index is 4.25. The monoisotopic (exact) mass is 267 g/mol. The fourth-order valence-electron chi connectivity index (χ4n) is 1.15. The van der Waals surface area contributed by atoms with Crippen LogP contribution in [0.1, 0.15) is 0 Å². The second-order valence-electron chi connectivity index (χ2n) is 2.93. The van der Waals surface area contributed by atoms with Gasteiger partial charge in [0.05, 0.1) is 6.54 Å². The Morgan fingerprint density at radius 2 is 2.33 bits per heavy atom. The van der Waals surface area contributed by atoms with Crippen molar-refractivity contribution in [1.82, 2.24) is 19.7 Å². The first-order valence-electron chi connectivity index (χ1n) is 4.53. The zero-order valence-corrected chi connectivity index (χ0v) is 9.55. The van der Waals surface area contributed by atoms with E-state index in [2.05, 4.69) is 36.3 Å². The first-order chi connectivity index (χ1) is 7.34. The van der Waals surface area contributed by atoms with Crippen LogP contribution in [0.15, 0.2) is 35.5 Å². The van der Waals surface area contributed by atoms with Crippen molar-refractivity contribution in [3.05, 3.63) is 35.5 Å². The van der Waals surface area contributed by atoms with Crippen LogP contribution < -0.4 is 5.32 Å². The molecule has 1 N–H and O–H groups in total. The normalized spacial score (nSPS) is 10.2. The molecule has 0 aromatic carbocycles. The molecular formula is C9H10BrN5. The molecule has 0 saturated heterocycles. The quantitative estimate of drug-likeness (QED) is 0.855. The fraction of sp³-hybridized carbons (Fsp3) is 0.222. The van der Waals surface area contributed by atoms with Crippen LogP contribution in [-0.2, 0) is 6.54 Å². The number of anilines is 1. The van der Waals surface area contributed by atoms with E-state index in [4.69, 9.17) is 0 Å². The van der Waals surface area contributed by atoms with Crippen LogP contribution in [0.2, 0.25) is 0 Å². The molecule has 0 amide bonds. The Labute approximate surface area is 95.7 Å². The third-order valence-corrected chi connectivity index (χ3v) is 2.27. The lowest BCUT2D eigenvalue weighted by atomic mass is 10.4. The zero-order valence-electron chi connectivity index (χ0n) is 7.97. The summed E-state index contributed by atoms with van der Waals surface area (Å²) in [7, 11) is 0. The predicted octanol–water partition coefficient (Wildman–Crippen LogP) is 1.55. The van der Waals surface area contributed by atoms with Crippen molar-refractivity contribution in [1.29, 1.82) is 0 Å². The number of hydrogen-bond donors (Lipinski definition) is 1. The van der Waals surface area contributed by atoms with E-state index in [1.807, 2.05) is 18.2 Å². The summed E-state index contributed by atoms with van der Waals surface area (Å²) in [4.78, 5) is 8.12. The van der Waals surface area contributed by atoms with Gasteiger partial charge < -0.3 is 5.32 Å². The summed E-state index contributed by atoms with van der Waals surface area (Å²) >= 11 is 3.31. The highest BCUT2D eigenvalue weighted by Crippen LogP contribution is 2.09. The van der Waals surface area contributed by atoms with E-state index in [1.165, 1.54) is 6.33 Å². The molecule has 0 spiro atoms. The summed E-state index contributed by atoms with van der Waals surface area (Å²) in [6.45, 7) is 1.54. The van der Waals surface area contributed by atoms with Crippen LogP contribution in [0.3, 0.4) is 0 Å². The summed E-state index contributed by atoms with van der Waals surface area (Å²) in [6.07, 6.45) is 3.22. The Morgan fingerprint density at radius 3 is 3.07 bits per heavy atom. The van der Waals surface area contributed by atoms with Crippen LogP contribution in [0.25, 0.3) is 0 Å². The molecule has 78 valence electrons. The predicted molar refractivity (Wildman–Crippen MR) is 60.4 cm³/mol. The molecule has 0 unspecified atom stereocenters. The van der Waals surface area contributed by atoms with Crippen molar-refractivity contribution in [2.45, 2.75) is 6.54 Å². The molecule has 0 bridgehead atoms. The summed E-state index contributed by atoms with van der Waals surface area (Å²) in [5.41, 5.74) is 0. The summed E-state index contributed by atoms with van der Waals surface area (Å²) in [5.74, 6) is 0.851. The molecule has 0 aliphatic carbocycles. The molecule has 2 heterocycles. The number of nitrogens with zero attached hydrogens (tertiary/aromatic N) is 4. The van der Waals surface area contributed by atoms with E-state index < -0.39 is 0 Å². The van der Waals surface area contributed by atoms with Gasteiger partial charge in [-0.05, 0) is 28.1 Å². The van der Waals surface area contributed by atoms with Gasteiger partial charge >= 0.3 is 0 Å². The maximum Gasteiger partial charge on any atom is 0.137 e. The van der Waals surface area contributed by atoms with Crippen molar-refractivity contribution in [2.75, 3.05) is 11.9 Å². The lowest BCUT2D eigenvalue weighted by Crippen LogP contribution is -2.11. The number of pyridine rings is 1. The highest BCUT2D eigenvalue weighted by molar-refractivity contribution is 9.10. The van der Waals surface area contributed by atoms with Crippen LogP contribution in [0.5, 0.6) is 0 Å². The van der Waals surface area contributed by atoms with E-state index >= 15 is 0 Å². The molecule has 15 heavy (non-hydrogen) atoms. The van der Waals surface area contributed by atoms with Gasteiger partial charge in [0.15, 0.2) is 0 Å². The van der Waals surface area contributed by atoms with E-state index in [0.717, 1.165) is 23.5 Å². The molecule has 2 rings (SSSR count). The van der Waals surface area contributed by atoms with Crippen molar-refractivity contribution in [3.63, 3.8) is 0 Å². The van der Waals surface area contributed by atoms with Gasteiger partial charge in [0.1, 0.15) is 23.1 Å². The van der Waals surface area contributed by atoms with Crippen molar-refractivity contribution in [2.24, 2.45) is 0 Å². The second kappa shape index (κ2) is 4.88. The van der Waals surface area contributed by atoms with Gasteiger partial charge in [-0.1, -0.05) is 6.07 Å². The van der Waals surface area contributed by atoms with E-state index in [1.54, 1.807) is 11.0 Å². The smallest absolute Gasteiger partial charge is 0.137 e. The Hall–Kier alpha value is -1.43. The number of hydrogen-bond acceptors (Lipinski definition) is 4. The standard InChI is InChI=1S/C9H10BrN5/c10-8-2-1-3-9(14-8)12-4-5-15-7-11-6-13-15/h1-3,6-7H,4-5H2,(H,12,14). The van der Waals surface area contributed by atoms with Gasteiger partial charge in [0, 0.05) is 6.54 Å². The van der Waals surface area contributed by atoms with Gasteiger partial charge in [-0.25, -0.2) is 9.97 Å². The van der Waals surface area contributed by atoms with Crippen molar-refractivity contribution in [3.8, 4) is 0 Å². The minimum atomic E-state index is 0.771. The van der Waals surface area contributed by atoms with Crippen LogP contribution in [0.4, 0.5) is 5.82 Å². The highest BCUT2D eigenvalue weighted by atomic mass is 79.9. The Morgan fingerprint density at radius 1 is 1.40 bits per heavy atom. The molecule has 0 fully saturated rings.